The molecule has 1 fully saturated rings. The van der Waals surface area contributed by atoms with Crippen molar-refractivity contribution in [1.29, 1.82) is 0 Å². The Kier molecular flexibility index (Phi) is 6.06. The van der Waals surface area contributed by atoms with Gasteiger partial charge >= 0.3 is 0 Å². The van der Waals surface area contributed by atoms with Gasteiger partial charge < -0.3 is 15.4 Å². The van der Waals surface area contributed by atoms with Crippen LogP contribution in [0.2, 0.25) is 0 Å². The van der Waals surface area contributed by atoms with Crippen LogP contribution in [-0.4, -0.2) is 35.6 Å². The number of rotatable bonds is 6. The lowest BCUT2D eigenvalue weighted by atomic mass is 10.1. The summed E-state index contributed by atoms with van der Waals surface area (Å²) in [5, 5.41) is 0. The van der Waals surface area contributed by atoms with Crippen molar-refractivity contribution in [3.05, 3.63) is 47.1 Å². The van der Waals surface area contributed by atoms with E-state index in [1.54, 1.807) is 23.5 Å². The number of benzene rings is 1. The molecule has 0 spiro atoms. The topological polar surface area (TPSA) is 55.6 Å². The Balaban J connectivity index is 1.70. The van der Waals surface area contributed by atoms with Gasteiger partial charge in [-0.2, -0.15) is 0 Å². The van der Waals surface area contributed by atoms with Gasteiger partial charge in [0.15, 0.2) is 0 Å². The molecule has 1 aliphatic rings. The third-order valence-electron chi connectivity index (χ3n) is 4.67. The minimum absolute atomic E-state index is 0.00946. The molecule has 1 aromatic carbocycles. The first-order valence-corrected chi connectivity index (χ1v) is 9.80. The van der Waals surface area contributed by atoms with Gasteiger partial charge in [0, 0.05) is 22.3 Å². The molecule has 2 atom stereocenters. The molecule has 2 heterocycles. The maximum absolute atomic E-state index is 13.1. The number of amides is 1. The zero-order valence-electron chi connectivity index (χ0n) is 15.2. The number of thiophene rings is 1. The van der Waals surface area contributed by atoms with Crippen LogP contribution >= 0.6 is 11.3 Å². The standard InChI is InChI=1S/C20H25FN2O2S/c1-13(2)23(20(24)18-9-7-16(11-22)25-18)12-17-8-10-19(26-17)14-3-5-15(21)6-4-14/h3-6,8,10,13,16,18H,7,9,11-12,22H2,1-2H3/t16-,18+/m1/s1. The van der Waals surface area contributed by atoms with Crippen molar-refractivity contribution in [2.75, 3.05) is 6.54 Å². The van der Waals surface area contributed by atoms with E-state index in [4.69, 9.17) is 10.5 Å². The van der Waals surface area contributed by atoms with E-state index in [-0.39, 0.29) is 30.0 Å². The van der Waals surface area contributed by atoms with E-state index in [0.717, 1.165) is 28.2 Å². The second kappa shape index (κ2) is 8.29. The number of hydrogen-bond donors (Lipinski definition) is 1. The van der Waals surface area contributed by atoms with Crippen molar-refractivity contribution in [3.8, 4) is 10.4 Å². The predicted molar refractivity (Wildman–Crippen MR) is 102 cm³/mol. The molecule has 2 N–H and O–H groups in total. The minimum Gasteiger partial charge on any atom is -0.364 e. The molecule has 2 aromatic rings. The maximum atomic E-state index is 13.1. The van der Waals surface area contributed by atoms with E-state index >= 15 is 0 Å². The van der Waals surface area contributed by atoms with Gasteiger partial charge in [-0.1, -0.05) is 12.1 Å². The summed E-state index contributed by atoms with van der Waals surface area (Å²) in [5.41, 5.74) is 6.63. The normalized spacial score (nSPS) is 19.9. The highest BCUT2D eigenvalue weighted by Crippen LogP contribution is 2.30. The Bertz CT molecular complexity index is 745. The molecule has 0 radical (unpaired) electrons. The first-order chi connectivity index (χ1) is 12.5. The highest BCUT2D eigenvalue weighted by atomic mass is 32.1. The van der Waals surface area contributed by atoms with Crippen LogP contribution in [-0.2, 0) is 16.1 Å². The quantitative estimate of drug-likeness (QED) is 0.834. The lowest BCUT2D eigenvalue weighted by Crippen LogP contribution is -2.43. The number of hydrogen-bond acceptors (Lipinski definition) is 4. The Morgan fingerprint density at radius 2 is 2.00 bits per heavy atom. The summed E-state index contributed by atoms with van der Waals surface area (Å²) in [4.78, 5) is 16.9. The molecule has 1 amide bonds. The number of nitrogens with two attached hydrogens (primary N) is 1. The summed E-state index contributed by atoms with van der Waals surface area (Å²) < 4.78 is 18.9. The van der Waals surface area contributed by atoms with Crippen LogP contribution in [0.5, 0.6) is 0 Å². The van der Waals surface area contributed by atoms with Crippen molar-refractivity contribution in [2.24, 2.45) is 5.73 Å². The summed E-state index contributed by atoms with van der Waals surface area (Å²) in [7, 11) is 0. The van der Waals surface area contributed by atoms with Gasteiger partial charge in [-0.15, -0.1) is 11.3 Å². The molecule has 0 bridgehead atoms. The lowest BCUT2D eigenvalue weighted by molar-refractivity contribution is -0.145. The molecule has 3 rings (SSSR count). The third-order valence-corrected chi connectivity index (χ3v) is 5.79. The largest absolute Gasteiger partial charge is 0.364 e. The lowest BCUT2D eigenvalue weighted by Gasteiger charge is -2.29. The molecule has 4 nitrogen and oxygen atoms in total. The Hall–Kier alpha value is -1.76. The molecule has 26 heavy (non-hydrogen) atoms. The number of ether oxygens (including phenoxy) is 1. The molecule has 1 aromatic heterocycles. The van der Waals surface area contributed by atoms with E-state index in [0.29, 0.717) is 13.1 Å². The van der Waals surface area contributed by atoms with Gasteiger partial charge in [0.05, 0.1) is 12.6 Å². The minimum atomic E-state index is -0.387. The summed E-state index contributed by atoms with van der Waals surface area (Å²) >= 11 is 1.63. The monoisotopic (exact) mass is 376 g/mol. The predicted octanol–water partition coefficient (Wildman–Crippen LogP) is 3.80. The fourth-order valence-corrected chi connectivity index (χ4v) is 4.17. The van der Waals surface area contributed by atoms with Gasteiger partial charge in [-0.25, -0.2) is 4.39 Å². The zero-order chi connectivity index (χ0) is 18.7. The van der Waals surface area contributed by atoms with Crippen molar-refractivity contribution in [3.63, 3.8) is 0 Å². The number of carbonyl (C=O) groups excluding carboxylic acids is 1. The van der Waals surface area contributed by atoms with Crippen LogP contribution in [0.3, 0.4) is 0 Å². The van der Waals surface area contributed by atoms with Crippen LogP contribution < -0.4 is 5.73 Å². The van der Waals surface area contributed by atoms with Crippen molar-refractivity contribution >= 4 is 17.2 Å². The third kappa shape index (κ3) is 4.31. The second-order valence-electron chi connectivity index (χ2n) is 6.89. The van der Waals surface area contributed by atoms with Crippen LogP contribution in [0.4, 0.5) is 4.39 Å². The van der Waals surface area contributed by atoms with Crippen molar-refractivity contribution in [1.82, 2.24) is 4.90 Å². The smallest absolute Gasteiger partial charge is 0.252 e. The number of carbonyl (C=O) groups is 1. The van der Waals surface area contributed by atoms with Gasteiger partial charge in [-0.05, 0) is 56.5 Å². The van der Waals surface area contributed by atoms with E-state index in [2.05, 4.69) is 0 Å². The van der Waals surface area contributed by atoms with Crippen LogP contribution in [0.1, 0.15) is 31.6 Å². The average Bonchev–Trinajstić information content (AvgIpc) is 3.29. The number of nitrogens with zero attached hydrogens (tertiary/aromatic N) is 1. The fourth-order valence-electron chi connectivity index (χ4n) is 3.16. The summed E-state index contributed by atoms with van der Waals surface area (Å²) in [6.45, 7) is 5.04. The van der Waals surface area contributed by atoms with E-state index < -0.39 is 0 Å². The van der Waals surface area contributed by atoms with Crippen molar-refractivity contribution < 1.29 is 13.9 Å². The highest BCUT2D eigenvalue weighted by Gasteiger charge is 2.34. The van der Waals surface area contributed by atoms with Crippen LogP contribution in [0, 0.1) is 5.82 Å². The molecular formula is C20H25FN2O2S. The molecule has 0 saturated carbocycles. The van der Waals surface area contributed by atoms with Gasteiger partial charge in [-0.3, -0.25) is 4.79 Å². The van der Waals surface area contributed by atoms with E-state index in [1.807, 2.05) is 30.9 Å². The van der Waals surface area contributed by atoms with Crippen LogP contribution in [0.15, 0.2) is 36.4 Å². The first kappa shape index (κ1) is 19.0. The van der Waals surface area contributed by atoms with Gasteiger partial charge in [0.25, 0.3) is 5.91 Å². The second-order valence-corrected chi connectivity index (χ2v) is 8.06. The first-order valence-electron chi connectivity index (χ1n) is 8.98. The molecule has 0 aliphatic carbocycles. The zero-order valence-corrected chi connectivity index (χ0v) is 16.0. The fraction of sp³-hybridized carbons (Fsp3) is 0.450. The Morgan fingerprint density at radius 3 is 2.62 bits per heavy atom. The summed E-state index contributed by atoms with van der Waals surface area (Å²) in [6.07, 6.45) is 1.18. The summed E-state index contributed by atoms with van der Waals surface area (Å²) in [6, 6.07) is 10.6. The van der Waals surface area contributed by atoms with Gasteiger partial charge in [0.2, 0.25) is 0 Å². The summed E-state index contributed by atoms with van der Waals surface area (Å²) in [5.74, 6) is -0.206. The van der Waals surface area contributed by atoms with E-state index in [1.165, 1.54) is 12.1 Å². The van der Waals surface area contributed by atoms with Crippen LogP contribution in [0.25, 0.3) is 10.4 Å². The Morgan fingerprint density at radius 1 is 1.27 bits per heavy atom. The average molecular weight is 376 g/mol. The molecule has 140 valence electrons. The number of halogens is 1. The Labute approximate surface area is 157 Å². The molecule has 6 heteroatoms. The van der Waals surface area contributed by atoms with Crippen molar-refractivity contribution in [2.45, 2.75) is 51.5 Å². The highest BCUT2D eigenvalue weighted by molar-refractivity contribution is 7.15. The van der Waals surface area contributed by atoms with Gasteiger partial charge in [0.1, 0.15) is 11.9 Å². The molecule has 1 saturated heterocycles. The SMILES string of the molecule is CC(C)N(Cc1ccc(-c2ccc(F)cc2)s1)C(=O)[C@@H]1CC[C@H](CN)O1. The molecular weight excluding hydrogens is 351 g/mol. The van der Waals surface area contributed by atoms with E-state index in [9.17, 15) is 9.18 Å². The maximum Gasteiger partial charge on any atom is 0.252 e. The molecule has 0 unspecified atom stereocenters. The molecule has 1 aliphatic heterocycles.